The third-order valence-corrected chi connectivity index (χ3v) is 3.60. The van der Waals surface area contributed by atoms with E-state index < -0.39 is 5.97 Å². The van der Waals surface area contributed by atoms with Crippen LogP contribution in [0.2, 0.25) is 0 Å². The molecule has 0 atom stereocenters. The molecule has 6 nitrogen and oxygen atoms in total. The van der Waals surface area contributed by atoms with Crippen LogP contribution in [0.3, 0.4) is 0 Å². The average Bonchev–Trinajstić information content (AvgIpc) is 2.95. The highest BCUT2D eigenvalue weighted by molar-refractivity contribution is 7.15. The number of amides is 1. The molecule has 102 valence electrons. The molecule has 0 aliphatic heterocycles. The van der Waals surface area contributed by atoms with Gasteiger partial charge in [0.05, 0.1) is 16.2 Å². The number of thiophene rings is 1. The van der Waals surface area contributed by atoms with Crippen LogP contribution in [-0.4, -0.2) is 27.7 Å². The first-order valence-electron chi connectivity index (χ1n) is 5.66. The zero-order valence-electron chi connectivity index (χ0n) is 10.5. The van der Waals surface area contributed by atoms with Gasteiger partial charge in [0.15, 0.2) is 0 Å². The molecule has 0 spiro atoms. The van der Waals surface area contributed by atoms with E-state index in [0.717, 1.165) is 11.3 Å². The molecule has 0 bridgehead atoms. The van der Waals surface area contributed by atoms with E-state index >= 15 is 0 Å². The Hall–Kier alpha value is -2.54. The van der Waals surface area contributed by atoms with Crippen molar-refractivity contribution in [2.75, 3.05) is 0 Å². The van der Waals surface area contributed by atoms with E-state index in [2.05, 4.69) is 15.5 Å². The summed E-state index contributed by atoms with van der Waals surface area (Å²) in [5, 5.41) is 12.8. The van der Waals surface area contributed by atoms with Crippen molar-refractivity contribution in [3.63, 3.8) is 0 Å². The number of rotatable bonds is 4. The third kappa shape index (κ3) is 3.27. The fourth-order valence-electron chi connectivity index (χ4n) is 1.40. The van der Waals surface area contributed by atoms with Gasteiger partial charge in [0, 0.05) is 12.4 Å². The molecule has 2 aromatic heterocycles. The number of hydrazone groups is 1. The topological polar surface area (TPSA) is 91.7 Å². The highest BCUT2D eigenvalue weighted by Crippen LogP contribution is 2.17. The van der Waals surface area contributed by atoms with Crippen LogP contribution in [0.25, 0.3) is 0 Å². The normalized spacial score (nSPS) is 11.2. The van der Waals surface area contributed by atoms with Gasteiger partial charge < -0.3 is 5.11 Å². The number of hydrogen-bond acceptors (Lipinski definition) is 5. The lowest BCUT2D eigenvalue weighted by atomic mass is 10.3. The van der Waals surface area contributed by atoms with Crippen molar-refractivity contribution in [2.24, 2.45) is 5.10 Å². The summed E-state index contributed by atoms with van der Waals surface area (Å²) in [6.07, 6.45) is 3.01. The first kappa shape index (κ1) is 13.9. The van der Waals surface area contributed by atoms with Crippen molar-refractivity contribution in [3.8, 4) is 0 Å². The van der Waals surface area contributed by atoms with Gasteiger partial charge in [-0.05, 0) is 31.2 Å². The molecule has 2 rings (SSSR count). The summed E-state index contributed by atoms with van der Waals surface area (Å²) in [5.41, 5.74) is 3.35. The quantitative estimate of drug-likeness (QED) is 0.665. The van der Waals surface area contributed by atoms with Crippen LogP contribution in [0, 0.1) is 0 Å². The summed E-state index contributed by atoms with van der Waals surface area (Å²) < 4.78 is 0. The van der Waals surface area contributed by atoms with E-state index in [1.807, 2.05) is 0 Å². The fraction of sp³-hybridized carbons (Fsp3) is 0.0769. The molecule has 2 heterocycles. The number of nitrogens with one attached hydrogen (secondary N) is 1. The standard InChI is InChI=1S/C13H11N3O3S/c1-8(10-4-5-11(20-10)13(18)19)15-16-12(17)9-3-2-6-14-7-9/h2-7H,1H3,(H,16,17)(H,18,19)/b15-8-. The van der Waals surface area contributed by atoms with Gasteiger partial charge in [-0.3, -0.25) is 9.78 Å². The van der Waals surface area contributed by atoms with Crippen molar-refractivity contribution in [1.29, 1.82) is 0 Å². The number of carboxylic acids is 1. The van der Waals surface area contributed by atoms with Gasteiger partial charge in [-0.2, -0.15) is 5.10 Å². The van der Waals surface area contributed by atoms with Gasteiger partial charge in [-0.1, -0.05) is 0 Å². The SMILES string of the molecule is C/C(=N/NC(=O)c1cccnc1)c1ccc(C(=O)O)s1. The maximum absolute atomic E-state index is 11.7. The summed E-state index contributed by atoms with van der Waals surface area (Å²) in [5.74, 6) is -1.35. The molecule has 2 N–H and O–H groups in total. The lowest BCUT2D eigenvalue weighted by molar-refractivity contribution is 0.0702. The van der Waals surface area contributed by atoms with Crippen molar-refractivity contribution in [1.82, 2.24) is 10.4 Å². The molecule has 1 amide bonds. The second-order valence-corrected chi connectivity index (χ2v) is 4.93. The van der Waals surface area contributed by atoms with Gasteiger partial charge in [0.25, 0.3) is 5.91 Å². The Kier molecular flexibility index (Phi) is 4.21. The molecule has 0 aliphatic rings. The Morgan fingerprint density at radius 1 is 1.30 bits per heavy atom. The molecule has 20 heavy (non-hydrogen) atoms. The minimum Gasteiger partial charge on any atom is -0.477 e. The molecular weight excluding hydrogens is 278 g/mol. The summed E-state index contributed by atoms with van der Waals surface area (Å²) in [4.78, 5) is 27.3. The monoisotopic (exact) mass is 289 g/mol. The van der Waals surface area contributed by atoms with Crippen LogP contribution in [0.5, 0.6) is 0 Å². The number of aromatic nitrogens is 1. The Morgan fingerprint density at radius 2 is 2.05 bits per heavy atom. The average molecular weight is 289 g/mol. The van der Waals surface area contributed by atoms with E-state index in [-0.39, 0.29) is 10.8 Å². The molecular formula is C13H11N3O3S. The van der Waals surface area contributed by atoms with Gasteiger partial charge in [-0.25, -0.2) is 10.2 Å². The summed E-state index contributed by atoms with van der Waals surface area (Å²) >= 11 is 1.10. The van der Waals surface area contributed by atoms with E-state index in [1.165, 1.54) is 12.3 Å². The van der Waals surface area contributed by atoms with Crippen LogP contribution in [0.4, 0.5) is 0 Å². The molecule has 7 heteroatoms. The van der Waals surface area contributed by atoms with Crippen molar-refractivity contribution >= 4 is 28.9 Å². The molecule has 0 saturated heterocycles. The number of pyridine rings is 1. The molecule has 0 aliphatic carbocycles. The molecule has 2 aromatic rings. The van der Waals surface area contributed by atoms with E-state index in [4.69, 9.17) is 5.11 Å². The Balaban J connectivity index is 2.07. The summed E-state index contributed by atoms with van der Waals surface area (Å²) in [6.45, 7) is 1.70. The maximum Gasteiger partial charge on any atom is 0.345 e. The molecule has 0 saturated carbocycles. The van der Waals surface area contributed by atoms with Gasteiger partial charge in [0.2, 0.25) is 0 Å². The highest BCUT2D eigenvalue weighted by Gasteiger charge is 2.09. The smallest absolute Gasteiger partial charge is 0.345 e. The fourth-order valence-corrected chi connectivity index (χ4v) is 2.19. The summed E-state index contributed by atoms with van der Waals surface area (Å²) in [6, 6.07) is 6.44. The Bertz CT molecular complexity index is 665. The van der Waals surface area contributed by atoms with Crippen molar-refractivity contribution in [3.05, 3.63) is 52.0 Å². The number of nitrogens with zero attached hydrogens (tertiary/aromatic N) is 2. The van der Waals surface area contributed by atoms with Gasteiger partial charge in [-0.15, -0.1) is 11.3 Å². The van der Waals surface area contributed by atoms with E-state index in [0.29, 0.717) is 16.2 Å². The minimum atomic E-state index is -0.978. The first-order chi connectivity index (χ1) is 9.58. The summed E-state index contributed by atoms with van der Waals surface area (Å²) in [7, 11) is 0. The lowest BCUT2D eigenvalue weighted by Gasteiger charge is -2.00. The van der Waals surface area contributed by atoms with Crippen LogP contribution >= 0.6 is 11.3 Å². The van der Waals surface area contributed by atoms with Crippen LogP contribution < -0.4 is 5.43 Å². The minimum absolute atomic E-state index is 0.230. The predicted octanol–water partition coefficient (Wildman–Crippen LogP) is 2.00. The van der Waals surface area contributed by atoms with E-state index in [9.17, 15) is 9.59 Å². The number of carbonyl (C=O) groups excluding carboxylic acids is 1. The highest BCUT2D eigenvalue weighted by atomic mass is 32.1. The Labute approximate surface area is 118 Å². The number of aromatic carboxylic acids is 1. The lowest BCUT2D eigenvalue weighted by Crippen LogP contribution is -2.19. The number of hydrogen-bond donors (Lipinski definition) is 2. The number of carboxylic acid groups (broad SMARTS) is 1. The van der Waals surface area contributed by atoms with Crippen LogP contribution in [0.1, 0.15) is 31.8 Å². The molecule has 0 unspecified atom stereocenters. The predicted molar refractivity (Wildman–Crippen MR) is 75.2 cm³/mol. The van der Waals surface area contributed by atoms with Crippen LogP contribution in [-0.2, 0) is 0 Å². The van der Waals surface area contributed by atoms with Crippen molar-refractivity contribution in [2.45, 2.75) is 6.92 Å². The number of carbonyl (C=O) groups is 2. The van der Waals surface area contributed by atoms with E-state index in [1.54, 1.807) is 31.3 Å². The zero-order chi connectivity index (χ0) is 14.5. The van der Waals surface area contributed by atoms with Gasteiger partial charge in [0.1, 0.15) is 4.88 Å². The second-order valence-electron chi connectivity index (χ2n) is 3.85. The largest absolute Gasteiger partial charge is 0.477 e. The van der Waals surface area contributed by atoms with Crippen molar-refractivity contribution < 1.29 is 14.7 Å². The first-order valence-corrected chi connectivity index (χ1v) is 6.47. The Morgan fingerprint density at radius 3 is 2.65 bits per heavy atom. The molecule has 0 radical (unpaired) electrons. The molecule has 0 aromatic carbocycles. The third-order valence-electron chi connectivity index (χ3n) is 2.42. The second kappa shape index (κ2) is 6.07. The zero-order valence-corrected chi connectivity index (χ0v) is 11.3. The molecule has 0 fully saturated rings. The maximum atomic E-state index is 11.7. The van der Waals surface area contributed by atoms with Crippen LogP contribution in [0.15, 0.2) is 41.8 Å². The van der Waals surface area contributed by atoms with Gasteiger partial charge >= 0.3 is 5.97 Å².